The third-order valence-electron chi connectivity index (χ3n) is 1.88. The molecule has 3 N–H and O–H groups in total. The van der Waals surface area contributed by atoms with Crippen molar-refractivity contribution >= 4 is 11.6 Å². The van der Waals surface area contributed by atoms with Crippen LogP contribution in [0.4, 0.5) is 11.6 Å². The smallest absolute Gasteiger partial charge is 0.132 e. The summed E-state index contributed by atoms with van der Waals surface area (Å²) in [6.07, 6.45) is 1.64. The fraction of sp³-hybridized carbons (Fsp3) is 0.200. The van der Waals surface area contributed by atoms with E-state index in [4.69, 9.17) is 10.2 Å². The van der Waals surface area contributed by atoms with Crippen molar-refractivity contribution in [2.45, 2.75) is 13.5 Å². The molecule has 0 aliphatic rings. The van der Waals surface area contributed by atoms with Gasteiger partial charge in [-0.2, -0.15) is 0 Å². The lowest BCUT2D eigenvalue weighted by atomic mass is 10.4. The van der Waals surface area contributed by atoms with E-state index in [1.165, 1.54) is 0 Å². The zero-order valence-electron chi connectivity index (χ0n) is 8.40. The van der Waals surface area contributed by atoms with Crippen molar-refractivity contribution in [3.8, 4) is 0 Å². The van der Waals surface area contributed by atoms with Gasteiger partial charge in [-0.1, -0.05) is 0 Å². The van der Waals surface area contributed by atoms with E-state index < -0.39 is 0 Å². The van der Waals surface area contributed by atoms with E-state index in [1.54, 1.807) is 19.3 Å². The Balaban J connectivity index is 2.05. The number of nitrogens with zero attached hydrogens (tertiary/aromatic N) is 2. The molecular weight excluding hydrogens is 192 g/mol. The second-order valence-electron chi connectivity index (χ2n) is 3.16. The molecule has 0 fully saturated rings. The van der Waals surface area contributed by atoms with Gasteiger partial charge in [-0.05, 0) is 19.1 Å². The maximum absolute atomic E-state index is 5.59. The maximum atomic E-state index is 5.59. The van der Waals surface area contributed by atoms with E-state index in [1.807, 2.05) is 12.1 Å². The topological polar surface area (TPSA) is 77.0 Å². The zero-order valence-corrected chi connectivity index (χ0v) is 8.40. The van der Waals surface area contributed by atoms with Crippen LogP contribution in [0.1, 0.15) is 11.6 Å². The Hall–Kier alpha value is -2.04. The average Bonchev–Trinajstić information content (AvgIpc) is 2.65. The Morgan fingerprint density at radius 1 is 1.47 bits per heavy atom. The molecule has 0 radical (unpaired) electrons. The molecule has 2 aromatic heterocycles. The molecule has 0 saturated heterocycles. The number of nitrogens with two attached hydrogens (primary N) is 1. The Kier molecular flexibility index (Phi) is 2.53. The molecule has 2 rings (SSSR count). The number of hydrogen-bond acceptors (Lipinski definition) is 5. The fourth-order valence-corrected chi connectivity index (χ4v) is 1.27. The molecule has 0 amide bonds. The van der Waals surface area contributed by atoms with E-state index >= 15 is 0 Å². The van der Waals surface area contributed by atoms with Crippen LogP contribution in [0.25, 0.3) is 0 Å². The van der Waals surface area contributed by atoms with Gasteiger partial charge in [0.2, 0.25) is 0 Å². The second-order valence-corrected chi connectivity index (χ2v) is 3.16. The predicted octanol–water partition coefficient (Wildman–Crippen LogP) is 1.57. The summed E-state index contributed by atoms with van der Waals surface area (Å²) in [6, 6.07) is 5.43. The van der Waals surface area contributed by atoms with E-state index in [0.717, 1.165) is 5.76 Å². The van der Waals surface area contributed by atoms with E-state index in [0.29, 0.717) is 24.0 Å². The molecule has 0 aliphatic heterocycles. The van der Waals surface area contributed by atoms with E-state index in [9.17, 15) is 0 Å². The highest BCUT2D eigenvalue weighted by molar-refractivity contribution is 5.44. The van der Waals surface area contributed by atoms with Gasteiger partial charge in [0.15, 0.2) is 0 Å². The van der Waals surface area contributed by atoms with Crippen LogP contribution in [0.5, 0.6) is 0 Å². The van der Waals surface area contributed by atoms with Crippen LogP contribution in [0.2, 0.25) is 0 Å². The molecule has 0 bridgehead atoms. The summed E-state index contributed by atoms with van der Waals surface area (Å²) in [7, 11) is 0. The molecule has 0 atom stereocenters. The Bertz CT molecular complexity index is 418. The van der Waals surface area contributed by atoms with Crippen LogP contribution in [0, 0.1) is 6.92 Å². The monoisotopic (exact) mass is 204 g/mol. The zero-order chi connectivity index (χ0) is 10.7. The molecule has 5 heteroatoms. The van der Waals surface area contributed by atoms with Crippen molar-refractivity contribution in [1.29, 1.82) is 0 Å². The summed E-state index contributed by atoms with van der Waals surface area (Å²) < 4.78 is 5.18. The van der Waals surface area contributed by atoms with Crippen LogP contribution in [-0.2, 0) is 6.54 Å². The van der Waals surface area contributed by atoms with Gasteiger partial charge in [0.05, 0.1) is 12.8 Å². The summed E-state index contributed by atoms with van der Waals surface area (Å²) in [5.74, 6) is 2.67. The van der Waals surface area contributed by atoms with Crippen molar-refractivity contribution in [3.05, 3.63) is 36.0 Å². The minimum absolute atomic E-state index is 0.462. The number of aryl methyl sites for hydroxylation is 1. The van der Waals surface area contributed by atoms with Crippen molar-refractivity contribution < 1.29 is 4.42 Å². The average molecular weight is 204 g/mol. The molecule has 15 heavy (non-hydrogen) atoms. The van der Waals surface area contributed by atoms with Gasteiger partial charge in [0.1, 0.15) is 23.2 Å². The minimum atomic E-state index is 0.462. The number of nitrogen functional groups attached to an aromatic ring is 1. The highest BCUT2D eigenvalue weighted by Crippen LogP contribution is 2.09. The third-order valence-corrected chi connectivity index (χ3v) is 1.88. The Labute approximate surface area is 87.3 Å². The number of aromatic nitrogens is 2. The van der Waals surface area contributed by atoms with Crippen molar-refractivity contribution in [3.63, 3.8) is 0 Å². The summed E-state index contributed by atoms with van der Waals surface area (Å²) in [5, 5.41) is 3.10. The number of anilines is 2. The highest BCUT2D eigenvalue weighted by atomic mass is 16.3. The normalized spacial score (nSPS) is 10.2. The van der Waals surface area contributed by atoms with Crippen LogP contribution in [0.15, 0.2) is 28.9 Å². The molecule has 78 valence electrons. The molecule has 0 spiro atoms. The van der Waals surface area contributed by atoms with Crippen LogP contribution in [-0.4, -0.2) is 9.97 Å². The highest BCUT2D eigenvalue weighted by Gasteiger charge is 2.00. The van der Waals surface area contributed by atoms with Gasteiger partial charge in [-0.3, -0.25) is 0 Å². The predicted molar refractivity (Wildman–Crippen MR) is 57.2 cm³/mol. The Morgan fingerprint density at radius 2 is 2.33 bits per heavy atom. The number of furan rings is 1. The molecule has 0 aromatic carbocycles. The largest absolute Gasteiger partial charge is 0.467 e. The van der Waals surface area contributed by atoms with Crippen molar-refractivity contribution in [2.24, 2.45) is 0 Å². The lowest BCUT2D eigenvalue weighted by molar-refractivity contribution is 0.518. The van der Waals surface area contributed by atoms with Crippen molar-refractivity contribution in [1.82, 2.24) is 9.97 Å². The maximum Gasteiger partial charge on any atom is 0.132 e. The third kappa shape index (κ3) is 2.46. The number of nitrogens with one attached hydrogen (secondary N) is 1. The minimum Gasteiger partial charge on any atom is -0.467 e. The van der Waals surface area contributed by atoms with Gasteiger partial charge in [-0.15, -0.1) is 0 Å². The molecule has 0 saturated carbocycles. The summed E-state index contributed by atoms with van der Waals surface area (Å²) in [5.41, 5.74) is 5.59. The standard InChI is InChI=1S/C10H12N4O/c1-7-13-9(11)5-10(14-7)12-6-8-3-2-4-15-8/h2-5H,6H2,1H3,(H3,11,12,13,14). The Morgan fingerprint density at radius 3 is 3.00 bits per heavy atom. The van der Waals surface area contributed by atoms with Crippen LogP contribution in [0.3, 0.4) is 0 Å². The van der Waals surface area contributed by atoms with Crippen molar-refractivity contribution in [2.75, 3.05) is 11.1 Å². The molecule has 0 aliphatic carbocycles. The lowest BCUT2D eigenvalue weighted by Crippen LogP contribution is -2.04. The van der Waals surface area contributed by atoms with Gasteiger partial charge in [-0.25, -0.2) is 9.97 Å². The quantitative estimate of drug-likeness (QED) is 0.793. The first-order valence-corrected chi connectivity index (χ1v) is 4.61. The first kappa shape index (κ1) is 9.51. The molecule has 5 nitrogen and oxygen atoms in total. The van der Waals surface area contributed by atoms with E-state index in [-0.39, 0.29) is 0 Å². The second kappa shape index (κ2) is 4.00. The summed E-state index contributed by atoms with van der Waals surface area (Å²) >= 11 is 0. The summed E-state index contributed by atoms with van der Waals surface area (Å²) in [4.78, 5) is 8.17. The van der Waals surface area contributed by atoms with Gasteiger partial charge < -0.3 is 15.5 Å². The SMILES string of the molecule is Cc1nc(N)cc(NCc2ccco2)n1. The number of hydrogen-bond donors (Lipinski definition) is 2. The van der Waals surface area contributed by atoms with Crippen LogP contribution >= 0.6 is 0 Å². The molecule has 2 aromatic rings. The summed E-state index contributed by atoms with van der Waals surface area (Å²) in [6.45, 7) is 2.39. The van der Waals surface area contributed by atoms with Gasteiger partial charge in [0, 0.05) is 6.07 Å². The first-order valence-electron chi connectivity index (χ1n) is 4.61. The number of rotatable bonds is 3. The molecule has 2 heterocycles. The molecule has 0 unspecified atom stereocenters. The van der Waals surface area contributed by atoms with Gasteiger partial charge in [0.25, 0.3) is 0 Å². The molecular formula is C10H12N4O. The van der Waals surface area contributed by atoms with E-state index in [2.05, 4.69) is 15.3 Å². The van der Waals surface area contributed by atoms with Gasteiger partial charge >= 0.3 is 0 Å². The van der Waals surface area contributed by atoms with Crippen LogP contribution < -0.4 is 11.1 Å². The lowest BCUT2D eigenvalue weighted by Gasteiger charge is -2.04. The first-order chi connectivity index (χ1) is 7.24. The fourth-order valence-electron chi connectivity index (χ4n) is 1.27.